The number of fused-ring (bicyclic) bond motifs is 2. The summed E-state index contributed by atoms with van der Waals surface area (Å²) in [6.45, 7) is 8.64. The maximum Gasteiger partial charge on any atom is 0.244 e. The van der Waals surface area contributed by atoms with Crippen LogP contribution in [0, 0.1) is 19.8 Å². The van der Waals surface area contributed by atoms with Crippen molar-refractivity contribution in [2.45, 2.75) is 45.7 Å². The minimum absolute atomic E-state index is 0.0207. The normalized spacial score (nSPS) is 17.0. The van der Waals surface area contributed by atoms with Crippen LogP contribution in [0.1, 0.15) is 40.7 Å². The smallest absolute Gasteiger partial charge is 0.244 e. The summed E-state index contributed by atoms with van der Waals surface area (Å²) in [6, 6.07) is 23.0. The lowest BCUT2D eigenvalue weighted by Gasteiger charge is -2.38. The highest BCUT2D eigenvalue weighted by atomic mass is 16.2. The molecule has 2 heterocycles. The first kappa shape index (κ1) is 25.2. The molecule has 0 aliphatic carbocycles. The average molecular weight is 495 g/mol. The van der Waals surface area contributed by atoms with Crippen LogP contribution in [0.15, 0.2) is 72.9 Å². The summed E-state index contributed by atoms with van der Waals surface area (Å²) in [6.07, 6.45) is 3.06. The van der Waals surface area contributed by atoms with Gasteiger partial charge in [-0.2, -0.15) is 0 Å². The molecular weight excluding hydrogens is 456 g/mol. The number of anilines is 1. The first-order valence-corrected chi connectivity index (χ1v) is 13.3. The molecule has 0 fully saturated rings. The number of nitrogens with one attached hydrogen (secondary N) is 3. The molecule has 0 saturated carbocycles. The summed E-state index contributed by atoms with van der Waals surface area (Å²) in [5, 5.41) is 8.18. The molecule has 0 saturated heterocycles. The Labute approximate surface area is 220 Å². The number of hydrogen-bond acceptors (Lipinski definition) is 3. The number of rotatable bonds is 8. The average Bonchev–Trinajstić information content (AvgIpc) is 3.33. The number of H-pyrrole nitrogens is 1. The van der Waals surface area contributed by atoms with E-state index in [1.165, 1.54) is 33.2 Å². The van der Waals surface area contributed by atoms with Gasteiger partial charge in [0.1, 0.15) is 0 Å². The first-order valence-electron chi connectivity index (χ1n) is 13.3. The Morgan fingerprint density at radius 2 is 1.81 bits per heavy atom. The number of nitrogens with zero attached hydrogens (tertiary/aromatic N) is 1. The first-order chi connectivity index (χ1) is 17.9. The minimum Gasteiger partial charge on any atom is -0.361 e. The molecule has 5 nitrogen and oxygen atoms in total. The molecule has 3 atom stereocenters. The molecule has 1 aliphatic heterocycles. The lowest BCUT2D eigenvalue weighted by molar-refractivity contribution is -0.121. The molecule has 2 unspecified atom stereocenters. The van der Waals surface area contributed by atoms with Crippen LogP contribution in [-0.4, -0.2) is 37.1 Å². The van der Waals surface area contributed by atoms with E-state index in [4.69, 9.17) is 0 Å². The van der Waals surface area contributed by atoms with E-state index in [0.717, 1.165) is 30.7 Å². The molecule has 0 radical (unpaired) electrons. The van der Waals surface area contributed by atoms with Crippen molar-refractivity contribution >= 4 is 22.5 Å². The molecule has 5 rings (SSSR count). The van der Waals surface area contributed by atoms with Crippen molar-refractivity contribution in [2.75, 3.05) is 25.0 Å². The molecule has 0 bridgehead atoms. The number of carbonyl (C=O) groups is 1. The number of para-hydroxylation sites is 1. The fourth-order valence-corrected chi connectivity index (χ4v) is 5.74. The predicted molar refractivity (Wildman–Crippen MR) is 153 cm³/mol. The van der Waals surface area contributed by atoms with Crippen molar-refractivity contribution in [3.8, 4) is 0 Å². The zero-order valence-corrected chi connectivity index (χ0v) is 22.3. The summed E-state index contributed by atoms with van der Waals surface area (Å²) in [5.74, 6) is 0.493. The van der Waals surface area contributed by atoms with Crippen LogP contribution >= 0.6 is 0 Å². The third kappa shape index (κ3) is 5.34. The summed E-state index contributed by atoms with van der Waals surface area (Å²) in [4.78, 5) is 19.9. The van der Waals surface area contributed by atoms with Gasteiger partial charge in [0.05, 0.1) is 6.04 Å². The van der Waals surface area contributed by atoms with Crippen molar-refractivity contribution in [3.63, 3.8) is 0 Å². The highest BCUT2D eigenvalue weighted by Crippen LogP contribution is 2.34. The molecule has 3 aromatic carbocycles. The van der Waals surface area contributed by atoms with Crippen LogP contribution in [0.25, 0.3) is 10.9 Å². The SMILES string of the molecule is CNC[C@H]1Cc2cc(C)ccc2N(C(=O)C(NCc2ccc(C)cc2)C(C)c2c[nH]c3ccccc23)C1. The number of benzene rings is 3. The van der Waals surface area contributed by atoms with Crippen LogP contribution < -0.4 is 15.5 Å². The Morgan fingerprint density at radius 1 is 1.05 bits per heavy atom. The van der Waals surface area contributed by atoms with Crippen molar-refractivity contribution < 1.29 is 4.79 Å². The van der Waals surface area contributed by atoms with Crippen molar-refractivity contribution in [1.82, 2.24) is 15.6 Å². The van der Waals surface area contributed by atoms with Gasteiger partial charge in [-0.25, -0.2) is 0 Å². The van der Waals surface area contributed by atoms with Gasteiger partial charge in [0.15, 0.2) is 0 Å². The van der Waals surface area contributed by atoms with Crippen LogP contribution in [0.2, 0.25) is 0 Å². The summed E-state index contributed by atoms with van der Waals surface area (Å²) in [7, 11) is 1.99. The number of hydrogen-bond donors (Lipinski definition) is 3. The summed E-state index contributed by atoms with van der Waals surface area (Å²) >= 11 is 0. The molecule has 1 amide bonds. The Balaban J connectivity index is 1.50. The van der Waals surface area contributed by atoms with Gasteiger partial charge in [0, 0.05) is 41.8 Å². The Morgan fingerprint density at radius 3 is 2.59 bits per heavy atom. The van der Waals surface area contributed by atoms with Gasteiger partial charge in [0.25, 0.3) is 0 Å². The van der Waals surface area contributed by atoms with E-state index in [0.29, 0.717) is 12.5 Å². The van der Waals surface area contributed by atoms with E-state index in [2.05, 4.69) is 103 Å². The second-order valence-electron chi connectivity index (χ2n) is 10.6. The predicted octanol–water partition coefficient (Wildman–Crippen LogP) is 5.47. The Kier molecular flexibility index (Phi) is 7.45. The zero-order valence-electron chi connectivity index (χ0n) is 22.3. The number of carbonyl (C=O) groups excluding carboxylic acids is 1. The second kappa shape index (κ2) is 10.9. The van der Waals surface area contributed by atoms with Gasteiger partial charge in [-0.3, -0.25) is 4.79 Å². The summed E-state index contributed by atoms with van der Waals surface area (Å²) < 4.78 is 0. The number of aromatic amines is 1. The third-order valence-electron chi connectivity index (χ3n) is 7.76. The van der Waals surface area contributed by atoms with Gasteiger partial charge in [-0.15, -0.1) is 0 Å². The largest absolute Gasteiger partial charge is 0.361 e. The fraction of sp³-hybridized carbons (Fsp3) is 0.344. The molecule has 5 heteroatoms. The molecule has 192 valence electrons. The summed E-state index contributed by atoms with van der Waals surface area (Å²) in [5.41, 5.74) is 8.22. The van der Waals surface area contributed by atoms with E-state index < -0.39 is 0 Å². The molecule has 1 aliphatic rings. The Hall–Kier alpha value is -3.41. The lowest BCUT2D eigenvalue weighted by atomic mass is 9.88. The number of amides is 1. The molecular formula is C32H38N4O. The molecule has 1 aromatic heterocycles. The van der Waals surface area contributed by atoms with E-state index in [1.807, 2.05) is 18.0 Å². The number of aromatic nitrogens is 1. The Bertz CT molecular complexity index is 1370. The van der Waals surface area contributed by atoms with Crippen molar-refractivity contribution in [3.05, 3.63) is 101 Å². The molecule has 3 N–H and O–H groups in total. The monoisotopic (exact) mass is 494 g/mol. The maximum atomic E-state index is 14.5. The van der Waals surface area contributed by atoms with Crippen LogP contribution in [0.5, 0.6) is 0 Å². The molecule has 0 spiro atoms. The van der Waals surface area contributed by atoms with Gasteiger partial charge >= 0.3 is 0 Å². The zero-order chi connectivity index (χ0) is 25.9. The third-order valence-corrected chi connectivity index (χ3v) is 7.76. The standard InChI is InChI=1S/C32H38N4O/c1-21-9-12-24(13-10-21)18-35-31(23(3)28-19-34-29-8-6-5-7-27(28)29)32(37)36-20-25(17-33-4)16-26-15-22(2)11-14-30(26)36/h5-15,19,23,25,31,33-35H,16-18,20H2,1-4H3/t23?,25-,31?/m1/s1. The second-order valence-corrected chi connectivity index (χ2v) is 10.6. The van der Waals surface area contributed by atoms with Crippen molar-refractivity contribution in [2.24, 2.45) is 5.92 Å². The number of aryl methyl sites for hydroxylation is 2. The van der Waals surface area contributed by atoms with E-state index >= 15 is 0 Å². The van der Waals surface area contributed by atoms with Gasteiger partial charge < -0.3 is 20.5 Å². The van der Waals surface area contributed by atoms with Crippen LogP contribution in [0.3, 0.4) is 0 Å². The topological polar surface area (TPSA) is 60.2 Å². The highest BCUT2D eigenvalue weighted by molar-refractivity contribution is 5.99. The van der Waals surface area contributed by atoms with Crippen molar-refractivity contribution in [1.29, 1.82) is 0 Å². The molecule has 4 aromatic rings. The highest BCUT2D eigenvalue weighted by Gasteiger charge is 2.35. The van der Waals surface area contributed by atoms with Gasteiger partial charge in [0.2, 0.25) is 5.91 Å². The van der Waals surface area contributed by atoms with Gasteiger partial charge in [-0.1, -0.05) is 72.6 Å². The maximum absolute atomic E-state index is 14.5. The van der Waals surface area contributed by atoms with Gasteiger partial charge in [-0.05, 0) is 68.6 Å². The van der Waals surface area contributed by atoms with E-state index in [-0.39, 0.29) is 17.9 Å². The van der Waals surface area contributed by atoms with Crippen LogP contribution in [-0.2, 0) is 17.8 Å². The minimum atomic E-state index is -0.372. The quantitative estimate of drug-likeness (QED) is 0.304. The van der Waals surface area contributed by atoms with E-state index in [9.17, 15) is 4.79 Å². The van der Waals surface area contributed by atoms with Crippen LogP contribution in [0.4, 0.5) is 5.69 Å². The molecule has 37 heavy (non-hydrogen) atoms. The fourth-order valence-electron chi connectivity index (χ4n) is 5.74. The van der Waals surface area contributed by atoms with E-state index in [1.54, 1.807) is 0 Å². The lowest BCUT2D eigenvalue weighted by Crippen LogP contribution is -2.52.